The van der Waals surface area contributed by atoms with E-state index in [2.05, 4.69) is 0 Å². The molecule has 0 aliphatic carbocycles. The molecule has 1 amide bonds. The van der Waals surface area contributed by atoms with Crippen LogP contribution in [0, 0.1) is 5.41 Å². The molecule has 0 fully saturated rings. The van der Waals surface area contributed by atoms with Crippen LogP contribution in [-0.4, -0.2) is 24.1 Å². The molecule has 0 aliphatic rings. The van der Waals surface area contributed by atoms with Crippen molar-refractivity contribution in [2.24, 2.45) is 11.1 Å². The minimum absolute atomic E-state index is 0.136. The van der Waals surface area contributed by atoms with Crippen LogP contribution in [0.1, 0.15) is 20.8 Å². The maximum Gasteiger partial charge on any atom is 0.244 e. The average molecular weight is 236 g/mol. The molecule has 0 radical (unpaired) electrons. The third-order valence-electron chi connectivity index (χ3n) is 2.77. The highest BCUT2D eigenvalue weighted by molar-refractivity contribution is 5.97. The van der Waals surface area contributed by atoms with Crippen molar-refractivity contribution in [3.63, 3.8) is 0 Å². The Balaban J connectivity index is 2.87. The summed E-state index contributed by atoms with van der Waals surface area (Å²) in [4.78, 5) is 13.6. The van der Waals surface area contributed by atoms with Gasteiger partial charge < -0.3 is 15.7 Å². The third-order valence-corrected chi connectivity index (χ3v) is 2.77. The van der Waals surface area contributed by atoms with E-state index in [0.717, 1.165) is 0 Å². The average Bonchev–Trinajstić information content (AvgIpc) is 2.26. The van der Waals surface area contributed by atoms with E-state index in [1.54, 1.807) is 31.3 Å². The van der Waals surface area contributed by atoms with Crippen molar-refractivity contribution in [3.8, 4) is 5.75 Å². The molecule has 1 aromatic carbocycles. The predicted molar refractivity (Wildman–Crippen MR) is 68.9 cm³/mol. The first-order chi connectivity index (χ1) is 7.73. The van der Waals surface area contributed by atoms with Crippen molar-refractivity contribution in [2.45, 2.75) is 26.8 Å². The zero-order valence-electron chi connectivity index (χ0n) is 10.8. The highest BCUT2D eigenvalue weighted by atomic mass is 16.3. The standard InChI is InChI=1S/C13H20N2O2/c1-13(2,3)11(14)12(17)15(4)9-5-7-10(16)8-6-9/h5-8,11,16H,14H2,1-4H3. The first-order valence-corrected chi connectivity index (χ1v) is 5.55. The topological polar surface area (TPSA) is 66.6 Å². The lowest BCUT2D eigenvalue weighted by Crippen LogP contribution is -2.49. The summed E-state index contributed by atoms with van der Waals surface area (Å²) in [6.45, 7) is 5.79. The number of carbonyl (C=O) groups excluding carboxylic acids is 1. The Labute approximate surface area is 102 Å². The summed E-state index contributed by atoms with van der Waals surface area (Å²) in [5, 5.41) is 9.19. The van der Waals surface area contributed by atoms with Gasteiger partial charge in [-0.25, -0.2) is 0 Å². The van der Waals surface area contributed by atoms with E-state index in [9.17, 15) is 9.90 Å². The molecule has 17 heavy (non-hydrogen) atoms. The Bertz CT molecular complexity index is 393. The van der Waals surface area contributed by atoms with Crippen molar-refractivity contribution < 1.29 is 9.90 Å². The number of rotatable bonds is 2. The fourth-order valence-corrected chi connectivity index (χ4v) is 1.38. The van der Waals surface area contributed by atoms with Crippen LogP contribution in [0.3, 0.4) is 0 Å². The lowest BCUT2D eigenvalue weighted by atomic mass is 9.86. The smallest absolute Gasteiger partial charge is 0.244 e. The molecule has 0 aromatic heterocycles. The fourth-order valence-electron chi connectivity index (χ4n) is 1.38. The summed E-state index contributed by atoms with van der Waals surface area (Å²) < 4.78 is 0. The maximum atomic E-state index is 12.1. The number of phenolic OH excluding ortho intramolecular Hbond substituents is 1. The Hall–Kier alpha value is -1.55. The largest absolute Gasteiger partial charge is 0.508 e. The molecule has 0 bridgehead atoms. The summed E-state index contributed by atoms with van der Waals surface area (Å²) in [5.74, 6) is 0.0397. The van der Waals surface area contributed by atoms with E-state index < -0.39 is 6.04 Å². The molecule has 1 aromatic rings. The number of hydrogen-bond donors (Lipinski definition) is 2. The van der Waals surface area contributed by atoms with Crippen LogP contribution in [0.25, 0.3) is 0 Å². The van der Waals surface area contributed by atoms with Gasteiger partial charge in [0.1, 0.15) is 5.75 Å². The van der Waals surface area contributed by atoms with Crippen LogP contribution in [-0.2, 0) is 4.79 Å². The van der Waals surface area contributed by atoms with E-state index >= 15 is 0 Å². The number of phenols is 1. The van der Waals surface area contributed by atoms with E-state index in [-0.39, 0.29) is 17.1 Å². The van der Waals surface area contributed by atoms with Gasteiger partial charge in [-0.2, -0.15) is 0 Å². The van der Waals surface area contributed by atoms with E-state index in [1.807, 2.05) is 20.8 Å². The van der Waals surface area contributed by atoms with Gasteiger partial charge in [0, 0.05) is 12.7 Å². The number of nitrogens with zero attached hydrogens (tertiary/aromatic N) is 1. The van der Waals surface area contributed by atoms with Crippen molar-refractivity contribution in [1.29, 1.82) is 0 Å². The third kappa shape index (κ3) is 3.20. The quantitative estimate of drug-likeness (QED) is 0.821. The number of amides is 1. The molecule has 1 unspecified atom stereocenters. The normalized spacial score (nSPS) is 13.2. The minimum Gasteiger partial charge on any atom is -0.508 e. The Morgan fingerprint density at radius 2 is 1.76 bits per heavy atom. The molecule has 94 valence electrons. The Morgan fingerprint density at radius 1 is 1.29 bits per heavy atom. The fraction of sp³-hybridized carbons (Fsp3) is 0.462. The molecular weight excluding hydrogens is 216 g/mol. The first-order valence-electron chi connectivity index (χ1n) is 5.55. The summed E-state index contributed by atoms with van der Waals surface area (Å²) in [7, 11) is 1.68. The monoisotopic (exact) mass is 236 g/mol. The van der Waals surface area contributed by atoms with E-state index in [1.165, 1.54) is 4.90 Å². The second kappa shape index (κ2) is 4.75. The van der Waals surface area contributed by atoms with Gasteiger partial charge in [-0.05, 0) is 29.7 Å². The van der Waals surface area contributed by atoms with Crippen LogP contribution in [0.4, 0.5) is 5.69 Å². The molecule has 4 nitrogen and oxygen atoms in total. The van der Waals surface area contributed by atoms with Crippen molar-refractivity contribution in [1.82, 2.24) is 0 Å². The zero-order chi connectivity index (χ0) is 13.2. The number of carbonyl (C=O) groups is 1. The SMILES string of the molecule is CN(C(=O)C(N)C(C)(C)C)c1ccc(O)cc1. The van der Waals surface area contributed by atoms with Crippen molar-refractivity contribution in [3.05, 3.63) is 24.3 Å². The molecule has 0 heterocycles. The van der Waals surface area contributed by atoms with E-state index in [4.69, 9.17) is 5.73 Å². The molecule has 0 aliphatic heterocycles. The van der Waals surface area contributed by atoms with Crippen molar-refractivity contribution >= 4 is 11.6 Å². The van der Waals surface area contributed by atoms with Gasteiger partial charge in [0.2, 0.25) is 5.91 Å². The van der Waals surface area contributed by atoms with Crippen LogP contribution in [0.5, 0.6) is 5.75 Å². The van der Waals surface area contributed by atoms with Gasteiger partial charge in [0.25, 0.3) is 0 Å². The molecule has 0 spiro atoms. The molecule has 0 saturated heterocycles. The zero-order valence-corrected chi connectivity index (χ0v) is 10.8. The first kappa shape index (κ1) is 13.5. The summed E-state index contributed by atoms with van der Waals surface area (Å²) in [6, 6.07) is 5.90. The van der Waals surface area contributed by atoms with Crippen molar-refractivity contribution in [2.75, 3.05) is 11.9 Å². The summed E-state index contributed by atoms with van der Waals surface area (Å²) >= 11 is 0. The van der Waals surface area contributed by atoms with E-state index in [0.29, 0.717) is 5.69 Å². The molecule has 1 rings (SSSR count). The molecule has 3 N–H and O–H groups in total. The van der Waals surface area contributed by atoms with Gasteiger partial charge in [-0.15, -0.1) is 0 Å². The maximum absolute atomic E-state index is 12.1. The van der Waals surface area contributed by atoms with Crippen LogP contribution >= 0.6 is 0 Å². The van der Waals surface area contributed by atoms with Gasteiger partial charge in [0.15, 0.2) is 0 Å². The minimum atomic E-state index is -0.554. The second-order valence-corrected chi connectivity index (χ2v) is 5.26. The molecule has 4 heteroatoms. The highest BCUT2D eigenvalue weighted by Gasteiger charge is 2.30. The lowest BCUT2D eigenvalue weighted by molar-refractivity contribution is -0.121. The van der Waals surface area contributed by atoms with Gasteiger partial charge in [-0.3, -0.25) is 4.79 Å². The Kier molecular flexibility index (Phi) is 3.78. The molecule has 1 atom stereocenters. The van der Waals surface area contributed by atoms with Crippen LogP contribution < -0.4 is 10.6 Å². The summed E-state index contributed by atoms with van der Waals surface area (Å²) in [6.07, 6.45) is 0. The number of hydrogen-bond acceptors (Lipinski definition) is 3. The van der Waals surface area contributed by atoms with Gasteiger partial charge in [0.05, 0.1) is 6.04 Å². The highest BCUT2D eigenvalue weighted by Crippen LogP contribution is 2.22. The van der Waals surface area contributed by atoms with Gasteiger partial charge in [-0.1, -0.05) is 20.8 Å². The number of anilines is 1. The van der Waals surface area contributed by atoms with Crippen LogP contribution in [0.15, 0.2) is 24.3 Å². The van der Waals surface area contributed by atoms with Crippen LogP contribution in [0.2, 0.25) is 0 Å². The number of likely N-dealkylation sites (N-methyl/N-ethyl adjacent to an activating group) is 1. The van der Waals surface area contributed by atoms with Gasteiger partial charge >= 0.3 is 0 Å². The number of benzene rings is 1. The lowest BCUT2D eigenvalue weighted by Gasteiger charge is -2.30. The molecular formula is C13H20N2O2. The predicted octanol–water partition coefficient (Wildman–Crippen LogP) is 1.73. The second-order valence-electron chi connectivity index (χ2n) is 5.26. The Morgan fingerprint density at radius 3 is 2.18 bits per heavy atom. The molecule has 0 saturated carbocycles. The number of aromatic hydroxyl groups is 1. The summed E-state index contributed by atoms with van der Waals surface area (Å²) in [5.41, 5.74) is 6.36. The number of nitrogens with two attached hydrogens (primary N) is 1.